The molecule has 0 aliphatic carbocycles. The van der Waals surface area contributed by atoms with Gasteiger partial charge in [0.05, 0.1) is 18.8 Å². The van der Waals surface area contributed by atoms with E-state index in [0.29, 0.717) is 12.1 Å². The fourth-order valence-electron chi connectivity index (χ4n) is 4.61. The van der Waals surface area contributed by atoms with Gasteiger partial charge in [0.1, 0.15) is 0 Å². The van der Waals surface area contributed by atoms with Gasteiger partial charge in [-0.2, -0.15) is 0 Å². The molecule has 0 amide bonds. The van der Waals surface area contributed by atoms with E-state index in [1.165, 1.54) is 109 Å². The Bertz CT molecular complexity index is 390. The summed E-state index contributed by atoms with van der Waals surface area (Å²) in [7, 11) is 0. The summed E-state index contributed by atoms with van der Waals surface area (Å²) >= 11 is 0. The van der Waals surface area contributed by atoms with Crippen LogP contribution in [0.5, 0.6) is 0 Å². The van der Waals surface area contributed by atoms with Crippen LogP contribution in [0.3, 0.4) is 0 Å². The molecule has 29 heavy (non-hydrogen) atoms. The number of unbranched alkanes of at least 4 members (excludes halogenated alkanes) is 12. The fourth-order valence-corrected chi connectivity index (χ4v) is 4.61. The van der Waals surface area contributed by atoms with E-state index in [2.05, 4.69) is 38.7 Å². The quantitative estimate of drug-likeness (QED) is 0.199. The predicted molar refractivity (Wildman–Crippen MR) is 130 cm³/mol. The average molecular weight is 408 g/mol. The second-order valence-corrected chi connectivity index (χ2v) is 9.47. The van der Waals surface area contributed by atoms with Crippen LogP contribution in [0.2, 0.25) is 0 Å². The van der Waals surface area contributed by atoms with Gasteiger partial charge >= 0.3 is 0 Å². The van der Waals surface area contributed by atoms with Gasteiger partial charge in [-0.15, -0.1) is 0 Å². The van der Waals surface area contributed by atoms with Crippen LogP contribution in [0.15, 0.2) is 11.8 Å². The Morgan fingerprint density at radius 2 is 1.41 bits per heavy atom. The minimum absolute atomic E-state index is 0.345. The lowest BCUT2D eigenvalue weighted by Crippen LogP contribution is -2.33. The van der Waals surface area contributed by atoms with Gasteiger partial charge in [-0.25, -0.2) is 0 Å². The maximum Gasteiger partial charge on any atom is 0.0673 e. The van der Waals surface area contributed by atoms with Crippen molar-refractivity contribution in [1.29, 1.82) is 0 Å². The standard InChI is InChI=1S/C27H53NO/c1-5-7-8-9-10-11-12-13-14-15-16-17-18-21-26(20-6-2)28-23-19-22-27(28)24-29-25(3)4/h20,25,27H,5-19,21-24H2,1-4H3/b26-20-. The Morgan fingerprint density at radius 1 is 0.862 bits per heavy atom. The summed E-state index contributed by atoms with van der Waals surface area (Å²) < 4.78 is 5.94. The van der Waals surface area contributed by atoms with Gasteiger partial charge in [0.15, 0.2) is 0 Å². The van der Waals surface area contributed by atoms with Gasteiger partial charge < -0.3 is 9.64 Å². The molecular weight excluding hydrogens is 354 g/mol. The normalized spacial score (nSPS) is 17.6. The molecule has 2 heteroatoms. The summed E-state index contributed by atoms with van der Waals surface area (Å²) in [6.45, 7) is 11.0. The maximum atomic E-state index is 5.94. The molecule has 1 atom stereocenters. The van der Waals surface area contributed by atoms with Crippen molar-refractivity contribution >= 4 is 0 Å². The monoisotopic (exact) mass is 407 g/mol. The third kappa shape index (κ3) is 13.4. The first-order valence-corrected chi connectivity index (χ1v) is 13.3. The lowest BCUT2D eigenvalue weighted by Gasteiger charge is -2.30. The van der Waals surface area contributed by atoms with Crippen LogP contribution in [0.4, 0.5) is 0 Å². The third-order valence-electron chi connectivity index (χ3n) is 6.34. The largest absolute Gasteiger partial charge is 0.377 e. The Balaban J connectivity index is 2.08. The molecule has 0 radical (unpaired) electrons. The van der Waals surface area contributed by atoms with E-state index in [9.17, 15) is 0 Å². The lowest BCUT2D eigenvalue weighted by atomic mass is 10.0. The number of ether oxygens (including phenoxy) is 1. The molecule has 1 heterocycles. The smallest absolute Gasteiger partial charge is 0.0673 e. The first-order chi connectivity index (χ1) is 14.2. The zero-order valence-electron chi connectivity index (χ0n) is 20.5. The zero-order valence-corrected chi connectivity index (χ0v) is 20.5. The highest BCUT2D eigenvalue weighted by atomic mass is 16.5. The molecule has 0 N–H and O–H groups in total. The molecule has 1 aliphatic rings. The minimum Gasteiger partial charge on any atom is -0.377 e. The Labute approximate surface area is 183 Å². The van der Waals surface area contributed by atoms with Crippen molar-refractivity contribution < 1.29 is 4.74 Å². The fraction of sp³-hybridized carbons (Fsp3) is 0.926. The topological polar surface area (TPSA) is 12.5 Å². The highest BCUT2D eigenvalue weighted by Gasteiger charge is 2.26. The third-order valence-corrected chi connectivity index (χ3v) is 6.34. The summed E-state index contributed by atoms with van der Waals surface area (Å²) in [6, 6.07) is 0.608. The van der Waals surface area contributed by atoms with Crippen molar-refractivity contribution in [3.05, 3.63) is 11.8 Å². The summed E-state index contributed by atoms with van der Waals surface area (Å²) in [5.74, 6) is 0. The van der Waals surface area contributed by atoms with Crippen molar-refractivity contribution in [2.75, 3.05) is 13.2 Å². The lowest BCUT2D eigenvalue weighted by molar-refractivity contribution is 0.0438. The number of likely N-dealkylation sites (tertiary alicyclic amines) is 1. The molecule has 2 nitrogen and oxygen atoms in total. The van der Waals surface area contributed by atoms with Crippen molar-refractivity contribution in [2.45, 2.75) is 149 Å². The first-order valence-electron chi connectivity index (χ1n) is 13.3. The summed E-state index contributed by atoms with van der Waals surface area (Å²) in [4.78, 5) is 2.67. The van der Waals surface area contributed by atoms with Gasteiger partial charge in [-0.05, 0) is 46.0 Å². The maximum absolute atomic E-state index is 5.94. The zero-order chi connectivity index (χ0) is 21.2. The molecule has 0 aromatic carbocycles. The SMILES string of the molecule is CC/C=C(/CCCCCCCCCCCCCCC)N1CCCC1COC(C)C. The van der Waals surface area contributed by atoms with Crippen LogP contribution in [-0.4, -0.2) is 30.2 Å². The molecule has 172 valence electrons. The molecule has 0 spiro atoms. The molecule has 1 unspecified atom stereocenters. The molecule has 1 fully saturated rings. The van der Waals surface area contributed by atoms with Gasteiger partial charge in [-0.3, -0.25) is 0 Å². The summed E-state index contributed by atoms with van der Waals surface area (Å²) in [5.41, 5.74) is 1.60. The molecule has 1 aliphatic heterocycles. The molecule has 0 aromatic rings. The van der Waals surface area contributed by atoms with Gasteiger partial charge in [0, 0.05) is 12.2 Å². The Kier molecular flexibility index (Phi) is 16.7. The van der Waals surface area contributed by atoms with E-state index < -0.39 is 0 Å². The second kappa shape index (κ2) is 18.3. The average Bonchev–Trinajstić information content (AvgIpc) is 3.17. The van der Waals surface area contributed by atoms with E-state index in [0.717, 1.165) is 13.0 Å². The second-order valence-electron chi connectivity index (χ2n) is 9.47. The van der Waals surface area contributed by atoms with E-state index in [4.69, 9.17) is 4.74 Å². The van der Waals surface area contributed by atoms with E-state index >= 15 is 0 Å². The van der Waals surface area contributed by atoms with E-state index in [-0.39, 0.29) is 0 Å². The number of allylic oxidation sites excluding steroid dienone is 2. The van der Waals surface area contributed by atoms with Crippen LogP contribution in [-0.2, 0) is 4.74 Å². The molecule has 0 aromatic heterocycles. The minimum atomic E-state index is 0.345. The first kappa shape index (κ1) is 26.5. The Hall–Kier alpha value is -0.500. The van der Waals surface area contributed by atoms with Gasteiger partial charge in [0.25, 0.3) is 0 Å². The van der Waals surface area contributed by atoms with Crippen molar-refractivity contribution in [3.63, 3.8) is 0 Å². The van der Waals surface area contributed by atoms with Crippen LogP contribution in [0.25, 0.3) is 0 Å². The highest BCUT2D eigenvalue weighted by Crippen LogP contribution is 2.26. The van der Waals surface area contributed by atoms with Crippen molar-refractivity contribution in [1.82, 2.24) is 4.90 Å². The van der Waals surface area contributed by atoms with E-state index in [1.54, 1.807) is 5.70 Å². The molecule has 1 saturated heterocycles. The van der Waals surface area contributed by atoms with Crippen LogP contribution >= 0.6 is 0 Å². The van der Waals surface area contributed by atoms with Crippen LogP contribution in [0.1, 0.15) is 137 Å². The number of hydrogen-bond donors (Lipinski definition) is 0. The molecule has 0 saturated carbocycles. The van der Waals surface area contributed by atoms with Crippen LogP contribution < -0.4 is 0 Å². The molecule has 1 rings (SSSR count). The Morgan fingerprint density at radius 3 is 1.93 bits per heavy atom. The van der Waals surface area contributed by atoms with Gasteiger partial charge in [0.2, 0.25) is 0 Å². The summed E-state index contributed by atoms with van der Waals surface area (Å²) in [5, 5.41) is 0. The molecule has 0 bridgehead atoms. The van der Waals surface area contributed by atoms with Crippen molar-refractivity contribution in [2.24, 2.45) is 0 Å². The predicted octanol–water partition coefficient (Wildman–Crippen LogP) is 8.65. The van der Waals surface area contributed by atoms with Gasteiger partial charge in [-0.1, -0.05) is 97.0 Å². The summed E-state index contributed by atoms with van der Waals surface area (Å²) in [6.07, 6.45) is 26.5. The number of nitrogens with zero attached hydrogens (tertiary/aromatic N) is 1. The number of hydrogen-bond acceptors (Lipinski definition) is 2. The van der Waals surface area contributed by atoms with Crippen molar-refractivity contribution in [3.8, 4) is 0 Å². The number of rotatable bonds is 19. The molecular formula is C27H53NO. The van der Waals surface area contributed by atoms with E-state index in [1.807, 2.05) is 0 Å². The highest BCUT2D eigenvalue weighted by molar-refractivity contribution is 5.05. The van der Waals surface area contributed by atoms with Crippen LogP contribution in [0, 0.1) is 0 Å².